The van der Waals surface area contributed by atoms with Crippen LogP contribution in [-0.4, -0.2) is 28.4 Å². The maximum absolute atomic E-state index is 3.33. The van der Waals surface area contributed by atoms with Crippen molar-refractivity contribution in [2.24, 2.45) is 0 Å². The molecule has 0 radical (unpaired) electrons. The summed E-state index contributed by atoms with van der Waals surface area (Å²) >= 11 is 3.33. The van der Waals surface area contributed by atoms with Crippen LogP contribution in [0.2, 0.25) is 0 Å². The van der Waals surface area contributed by atoms with Crippen LogP contribution in [0.3, 0.4) is 0 Å². The minimum Gasteiger partial charge on any atom is -0.0925 e. The molecule has 0 fully saturated rings. The van der Waals surface area contributed by atoms with Crippen LogP contribution in [0.25, 0.3) is 0 Å². The van der Waals surface area contributed by atoms with E-state index >= 15 is 0 Å². The van der Waals surface area contributed by atoms with E-state index in [1.54, 1.807) is 0 Å². The Morgan fingerprint density at radius 1 is 1.50 bits per heavy atom. The predicted octanol–water partition coefficient (Wildman–Crippen LogP) is 2.36. The van der Waals surface area contributed by atoms with Crippen LogP contribution >= 0.6 is 15.9 Å². The predicted molar refractivity (Wildman–Crippen MR) is 43.6 cm³/mol. The smallest absolute Gasteiger partial charge is 0.0925 e. The minimum atomic E-state index is 0. The van der Waals surface area contributed by atoms with E-state index < -0.39 is 0 Å². The van der Waals surface area contributed by atoms with Crippen LogP contribution in [0.5, 0.6) is 0 Å². The first-order valence-corrected chi connectivity index (χ1v) is 3.59. The van der Waals surface area contributed by atoms with Gasteiger partial charge in [-0.15, -0.1) is 0 Å². The summed E-state index contributed by atoms with van der Waals surface area (Å²) in [4.78, 5) is 0. The average Bonchev–Trinajstić information content (AvgIpc) is 1.61. The SMILES string of the molecule is CC(C)=CCCBr.[Mg+2]. The van der Waals surface area contributed by atoms with Crippen molar-refractivity contribution in [2.75, 3.05) is 5.33 Å². The third-order valence-corrected chi connectivity index (χ3v) is 1.12. The molecule has 0 saturated carbocycles. The molecule has 0 rings (SSSR count). The zero-order valence-electron chi connectivity index (χ0n) is 5.58. The van der Waals surface area contributed by atoms with Gasteiger partial charge in [0, 0.05) is 5.33 Å². The number of halogens is 1. The molecule has 0 N–H and O–H groups in total. The van der Waals surface area contributed by atoms with Crippen molar-refractivity contribution < 1.29 is 0 Å². The van der Waals surface area contributed by atoms with Crippen molar-refractivity contribution in [3.63, 3.8) is 0 Å². The fourth-order valence-electron chi connectivity index (χ4n) is 0.343. The van der Waals surface area contributed by atoms with E-state index in [0.717, 1.165) is 11.8 Å². The Bertz CT molecular complexity index is 64.9. The zero-order valence-corrected chi connectivity index (χ0v) is 8.58. The van der Waals surface area contributed by atoms with Crippen molar-refractivity contribution in [3.8, 4) is 0 Å². The molecule has 0 amide bonds. The van der Waals surface area contributed by atoms with E-state index in [9.17, 15) is 0 Å². The van der Waals surface area contributed by atoms with Gasteiger partial charge < -0.3 is 0 Å². The molecule has 0 spiro atoms. The first kappa shape index (κ1) is 11.7. The third kappa shape index (κ3) is 10.1. The zero-order chi connectivity index (χ0) is 5.70. The van der Waals surface area contributed by atoms with Crippen molar-refractivity contribution in [1.29, 1.82) is 0 Å². The average molecular weight is 187 g/mol. The molecule has 0 unspecified atom stereocenters. The van der Waals surface area contributed by atoms with E-state index in [1.807, 2.05) is 0 Å². The molecule has 0 aromatic heterocycles. The Morgan fingerprint density at radius 2 is 2.00 bits per heavy atom. The van der Waals surface area contributed by atoms with Gasteiger partial charge in [-0.2, -0.15) is 0 Å². The molecule has 0 atom stereocenters. The summed E-state index contributed by atoms with van der Waals surface area (Å²) in [6.07, 6.45) is 3.37. The number of rotatable bonds is 2. The first-order valence-electron chi connectivity index (χ1n) is 2.46. The summed E-state index contributed by atoms with van der Waals surface area (Å²) < 4.78 is 0. The summed E-state index contributed by atoms with van der Waals surface area (Å²) in [6.45, 7) is 4.23. The summed E-state index contributed by atoms with van der Waals surface area (Å²) in [5.74, 6) is 0. The molecule has 0 saturated heterocycles. The molecule has 0 heterocycles. The molecule has 0 aromatic carbocycles. The summed E-state index contributed by atoms with van der Waals surface area (Å²) in [5, 5.41) is 1.08. The van der Waals surface area contributed by atoms with Crippen LogP contribution in [0.15, 0.2) is 11.6 Å². The van der Waals surface area contributed by atoms with Gasteiger partial charge in [-0.3, -0.25) is 0 Å². The van der Waals surface area contributed by atoms with Crippen molar-refractivity contribution in [2.45, 2.75) is 20.3 Å². The van der Waals surface area contributed by atoms with Crippen molar-refractivity contribution in [3.05, 3.63) is 11.6 Å². The molecule has 0 aliphatic rings. The summed E-state index contributed by atoms with van der Waals surface area (Å²) in [5.41, 5.74) is 1.40. The van der Waals surface area contributed by atoms with E-state index in [1.165, 1.54) is 5.57 Å². The molecule has 0 aliphatic carbocycles. The van der Waals surface area contributed by atoms with Crippen LogP contribution in [-0.2, 0) is 0 Å². The topological polar surface area (TPSA) is 0 Å². The second kappa shape index (κ2) is 7.99. The molecule has 2 heteroatoms. The second-order valence-corrected chi connectivity index (χ2v) is 2.55. The van der Waals surface area contributed by atoms with Gasteiger partial charge in [-0.05, 0) is 20.3 Å². The van der Waals surface area contributed by atoms with Crippen LogP contribution < -0.4 is 0 Å². The largest absolute Gasteiger partial charge is 2.00 e. The van der Waals surface area contributed by atoms with Gasteiger partial charge in [0.25, 0.3) is 0 Å². The maximum Gasteiger partial charge on any atom is 2.00 e. The number of hydrogen-bond acceptors (Lipinski definition) is 0. The third-order valence-electron chi connectivity index (χ3n) is 0.662. The minimum absolute atomic E-state index is 0. The van der Waals surface area contributed by atoms with Crippen LogP contribution in [0, 0.1) is 0 Å². The molecular formula is C6H11BrMg+2. The monoisotopic (exact) mass is 186 g/mol. The standard InChI is InChI=1S/C6H11Br.Mg/c1-6(2)4-3-5-7;/h4H,3,5H2,1-2H3;/q;+2. The molecule has 0 bridgehead atoms. The Morgan fingerprint density at radius 3 is 2.12 bits per heavy atom. The fourth-order valence-corrected chi connectivity index (χ4v) is 0.572. The van der Waals surface area contributed by atoms with Gasteiger partial charge in [-0.25, -0.2) is 0 Å². The van der Waals surface area contributed by atoms with E-state index in [0.29, 0.717) is 0 Å². The van der Waals surface area contributed by atoms with Gasteiger partial charge in [0.05, 0.1) is 0 Å². The Kier molecular flexibility index (Phi) is 11.7. The normalized spacial score (nSPS) is 7.38. The van der Waals surface area contributed by atoms with E-state index in [2.05, 4.69) is 35.9 Å². The van der Waals surface area contributed by atoms with E-state index in [-0.39, 0.29) is 23.1 Å². The number of alkyl halides is 1. The summed E-state index contributed by atoms with van der Waals surface area (Å²) in [7, 11) is 0. The fraction of sp³-hybridized carbons (Fsp3) is 0.667. The van der Waals surface area contributed by atoms with Crippen molar-refractivity contribution in [1.82, 2.24) is 0 Å². The molecule has 42 valence electrons. The van der Waals surface area contributed by atoms with Gasteiger partial charge in [0.15, 0.2) is 0 Å². The van der Waals surface area contributed by atoms with Gasteiger partial charge in [-0.1, -0.05) is 27.6 Å². The van der Waals surface area contributed by atoms with Gasteiger partial charge >= 0.3 is 23.1 Å². The second-order valence-electron chi connectivity index (χ2n) is 1.76. The van der Waals surface area contributed by atoms with Gasteiger partial charge in [0.2, 0.25) is 0 Å². The Labute approximate surface area is 76.0 Å². The molecular weight excluding hydrogens is 176 g/mol. The molecule has 0 aliphatic heterocycles. The molecule has 0 nitrogen and oxygen atoms in total. The summed E-state index contributed by atoms with van der Waals surface area (Å²) in [6, 6.07) is 0. The van der Waals surface area contributed by atoms with Crippen LogP contribution in [0.4, 0.5) is 0 Å². The number of hydrogen-bond donors (Lipinski definition) is 0. The number of allylic oxidation sites excluding steroid dienone is 2. The maximum atomic E-state index is 3.33. The molecule has 0 aromatic rings. The Hall–Kier alpha value is 0.986. The van der Waals surface area contributed by atoms with E-state index in [4.69, 9.17) is 0 Å². The Balaban J connectivity index is 0. The van der Waals surface area contributed by atoms with Crippen molar-refractivity contribution >= 4 is 39.0 Å². The quantitative estimate of drug-likeness (QED) is 0.354. The van der Waals surface area contributed by atoms with Crippen LogP contribution in [0.1, 0.15) is 20.3 Å². The molecule has 8 heavy (non-hydrogen) atoms. The first-order chi connectivity index (χ1) is 3.27. The van der Waals surface area contributed by atoms with Gasteiger partial charge in [0.1, 0.15) is 0 Å².